The van der Waals surface area contributed by atoms with Crippen molar-refractivity contribution < 1.29 is 28.3 Å². The van der Waals surface area contributed by atoms with Gasteiger partial charge in [-0.15, -0.1) is 11.3 Å². The molecule has 0 aliphatic carbocycles. The van der Waals surface area contributed by atoms with E-state index in [1.165, 1.54) is 23.8 Å². The summed E-state index contributed by atoms with van der Waals surface area (Å²) >= 11 is 1.23. The number of benzene rings is 5. The number of hydrogen-bond acceptors (Lipinski definition) is 10. The van der Waals surface area contributed by atoms with Crippen LogP contribution in [0.2, 0.25) is 10.1 Å². The van der Waals surface area contributed by atoms with E-state index in [0.717, 1.165) is 25.3 Å². The van der Waals surface area contributed by atoms with Crippen LogP contribution in [-0.2, 0) is 21.6 Å². The molecule has 0 bridgehead atoms. The average Bonchev–Trinajstić information content (AvgIpc) is 4.05. The number of oxazole rings is 1. The Morgan fingerprint density at radius 3 is 1.74 bits per heavy atom. The highest BCUT2D eigenvalue weighted by Gasteiger charge is 2.53. The van der Waals surface area contributed by atoms with Gasteiger partial charge in [-0.1, -0.05) is 167 Å². The highest BCUT2D eigenvalue weighted by Crippen LogP contribution is 2.43. The predicted octanol–water partition coefficient (Wildman–Crippen LogP) is 8.88. The minimum Gasteiger partial charge on any atom is -0.493 e. The van der Waals surface area contributed by atoms with Gasteiger partial charge in [0.05, 0.1) is 29.6 Å². The molecule has 11 nitrogen and oxygen atoms in total. The molecule has 2 N–H and O–H groups in total. The van der Waals surface area contributed by atoms with E-state index in [-0.39, 0.29) is 30.7 Å². The van der Waals surface area contributed by atoms with E-state index in [4.69, 9.17) is 13.9 Å². The van der Waals surface area contributed by atoms with Gasteiger partial charge in [0.15, 0.2) is 5.78 Å². The Morgan fingerprint density at radius 2 is 1.24 bits per heavy atom. The van der Waals surface area contributed by atoms with Crippen LogP contribution in [-0.4, -0.2) is 59.3 Å². The van der Waals surface area contributed by atoms with Gasteiger partial charge in [0.25, 0.3) is 22.2 Å². The van der Waals surface area contributed by atoms with E-state index in [9.17, 15) is 9.59 Å². The summed E-state index contributed by atoms with van der Waals surface area (Å²) in [6, 6.07) is 46.4. The number of nitrogens with zero attached hydrogens (tertiary/aromatic N) is 3. The molecule has 0 fully saturated rings. The van der Waals surface area contributed by atoms with E-state index < -0.39 is 49.6 Å². The largest absolute Gasteiger partial charge is 0.493 e. The molecule has 1 atom stereocenters. The summed E-state index contributed by atoms with van der Waals surface area (Å²) in [4.78, 5) is 77.3. The summed E-state index contributed by atoms with van der Waals surface area (Å²) in [6.07, 6.45) is 3.27. The number of Topliss-reactive ketones (excluding diaryl/α,β-unsaturated/α-hetero) is 1. The maximum atomic E-state index is 15.6. The van der Waals surface area contributed by atoms with Gasteiger partial charge < -0.3 is 23.5 Å². The third kappa shape index (κ3) is 9.59. The number of hydrogen-bond donors (Lipinski definition) is 2. The Hall–Kier alpha value is -6.27. The van der Waals surface area contributed by atoms with Crippen molar-refractivity contribution in [3.05, 3.63) is 190 Å². The van der Waals surface area contributed by atoms with Crippen molar-refractivity contribution in [1.82, 2.24) is 14.1 Å². The third-order valence-electron chi connectivity index (χ3n) is 14.6. The van der Waals surface area contributed by atoms with Crippen molar-refractivity contribution in [3.63, 3.8) is 0 Å². The van der Waals surface area contributed by atoms with Crippen LogP contribution in [0.25, 0.3) is 21.0 Å². The fourth-order valence-corrected chi connectivity index (χ4v) is 19.1. The second kappa shape index (κ2) is 21.1. The Morgan fingerprint density at radius 1 is 0.736 bits per heavy atom. The van der Waals surface area contributed by atoms with Gasteiger partial charge in [-0.2, -0.15) is 0 Å². The molecule has 14 heteroatoms. The molecular formula is C58H65N3O8SSi2. The van der Waals surface area contributed by atoms with Gasteiger partial charge in [-0.3, -0.25) is 14.2 Å². The fraction of sp³-hybridized carbons (Fsp3) is 0.310. The molecule has 0 saturated heterocycles. The molecule has 3 aromatic heterocycles. The summed E-state index contributed by atoms with van der Waals surface area (Å²) < 4.78 is 21.5. The van der Waals surface area contributed by atoms with Crippen LogP contribution in [0.3, 0.4) is 0 Å². The lowest BCUT2D eigenvalue weighted by Crippen LogP contribution is -2.66. The van der Waals surface area contributed by atoms with Crippen molar-refractivity contribution in [1.29, 1.82) is 0 Å². The molecule has 8 aromatic rings. The zero-order chi connectivity index (χ0) is 51.5. The number of ether oxygens (including phenoxy) is 2. The van der Waals surface area contributed by atoms with Crippen LogP contribution in [0.15, 0.2) is 172 Å². The van der Waals surface area contributed by atoms with E-state index in [1.54, 1.807) is 25.3 Å². The fourth-order valence-electron chi connectivity index (χ4n) is 10.4. The number of aryl methyl sites for hydroxylation is 1. The molecule has 0 saturated carbocycles. The number of rotatable bonds is 21. The number of aromatic nitrogens is 3. The molecule has 0 radical (unpaired) electrons. The van der Waals surface area contributed by atoms with Crippen LogP contribution in [0, 0.1) is 6.92 Å². The third-order valence-corrected chi connectivity index (χ3v) is 24.9. The first kappa shape index (κ1) is 52.1. The van der Waals surface area contributed by atoms with Crippen LogP contribution in [0.5, 0.6) is 5.75 Å². The number of carbonyl (C=O) groups excluding carboxylic acids is 1. The van der Waals surface area contributed by atoms with Crippen molar-refractivity contribution in [2.24, 2.45) is 0 Å². The Balaban J connectivity index is 1.20. The van der Waals surface area contributed by atoms with Crippen LogP contribution >= 0.6 is 11.3 Å². The number of para-hydroxylation sites is 1. The summed E-state index contributed by atoms with van der Waals surface area (Å²) in [5.74, 6) is 0.503. The van der Waals surface area contributed by atoms with E-state index in [2.05, 4.69) is 18.8 Å². The highest BCUT2D eigenvalue weighted by molar-refractivity contribution is 7.22. The number of thiophene rings is 1. The molecule has 0 aliphatic rings. The van der Waals surface area contributed by atoms with E-state index in [1.807, 2.05) is 166 Å². The van der Waals surface area contributed by atoms with Crippen molar-refractivity contribution in [2.75, 3.05) is 13.2 Å². The molecule has 5 aromatic carbocycles. The maximum Gasteiger partial charge on any atom is 0.333 e. The molecular weight excluding hydrogens is 955 g/mol. The van der Waals surface area contributed by atoms with Gasteiger partial charge >= 0.3 is 5.69 Å². The molecule has 8 rings (SSSR count). The lowest BCUT2D eigenvalue weighted by atomic mass is 9.91. The lowest BCUT2D eigenvalue weighted by Gasteiger charge is -2.42. The van der Waals surface area contributed by atoms with Gasteiger partial charge in [-0.25, -0.2) is 14.3 Å². The lowest BCUT2D eigenvalue weighted by molar-refractivity contribution is -0.127. The van der Waals surface area contributed by atoms with E-state index >= 15 is 14.4 Å². The van der Waals surface area contributed by atoms with Crippen LogP contribution < -0.4 is 36.7 Å². The SMILES string of the molecule is CCOc1ccccc1[C@H](Cn1c(=O)n(C(C)(C)C(=O)CC(C)(C)[Si](O)(c2ccccc2)c2ccccc2)c(=O)c2c(C)c(-c3ncco3)sc21)OCCCC(C)(C)[Si](O)(c1ccccc1)c1ccccc1. The summed E-state index contributed by atoms with van der Waals surface area (Å²) in [6.45, 7) is 15.6. The Bertz CT molecular complexity index is 3170. The zero-order valence-corrected chi connectivity index (χ0v) is 45.2. The van der Waals surface area contributed by atoms with Gasteiger partial charge in [-0.05, 0) is 83.0 Å². The second-order valence-corrected chi connectivity index (χ2v) is 29.2. The number of carbonyl (C=O) groups is 1. The normalized spacial score (nSPS) is 13.1. The highest BCUT2D eigenvalue weighted by atomic mass is 32.1. The summed E-state index contributed by atoms with van der Waals surface area (Å²) in [5.41, 5.74) is -1.72. The Kier molecular flexibility index (Phi) is 15.2. The molecule has 0 aliphatic heterocycles. The van der Waals surface area contributed by atoms with Crippen molar-refractivity contribution >= 4 is 64.7 Å². The molecule has 374 valence electrons. The smallest absolute Gasteiger partial charge is 0.333 e. The summed E-state index contributed by atoms with van der Waals surface area (Å²) in [7, 11) is -7.00. The zero-order valence-electron chi connectivity index (χ0n) is 42.4. The van der Waals surface area contributed by atoms with Gasteiger partial charge in [0.1, 0.15) is 28.5 Å². The Labute approximate surface area is 427 Å². The molecule has 0 unspecified atom stereocenters. The van der Waals surface area contributed by atoms with Crippen molar-refractivity contribution in [3.8, 4) is 16.5 Å². The average molecular weight is 1020 g/mol. The quantitative estimate of drug-likeness (QED) is 0.0533. The minimum absolute atomic E-state index is 0.0504. The van der Waals surface area contributed by atoms with Crippen LogP contribution in [0.1, 0.15) is 85.0 Å². The molecule has 3 heterocycles. The number of ketones is 1. The van der Waals surface area contributed by atoms with E-state index in [0.29, 0.717) is 51.9 Å². The van der Waals surface area contributed by atoms with Crippen molar-refractivity contribution in [2.45, 2.75) is 103 Å². The summed E-state index contributed by atoms with van der Waals surface area (Å²) in [5, 5.41) is 2.06. The first-order chi connectivity index (χ1) is 34.4. The van der Waals surface area contributed by atoms with Crippen LogP contribution in [0.4, 0.5) is 0 Å². The van der Waals surface area contributed by atoms with Gasteiger partial charge in [0.2, 0.25) is 5.89 Å². The standard InChI is InChI=1S/C58H65N3O8SSi2/c1-9-67-47-34-23-22-33-46(47)48(68-37-24-35-56(3,4)71(65,42-25-14-10-15-26-42)43-27-16-11-17-28-43)40-60-54-50(41(2)51(70-54)52-59-36-38-69-52)53(63)61(55(60)64)58(7,8)49(62)39-57(5,6)72(66,44-29-18-12-19-30-44)45-31-20-13-21-32-45/h10-23,25-34,36,38,48,65-66H,9,24,35,37,39-40H2,1-8H3/t48-/m0/s1. The second-order valence-electron chi connectivity index (χ2n) is 20.4. The molecule has 72 heavy (non-hydrogen) atoms. The minimum atomic E-state index is -3.68. The topological polar surface area (TPSA) is 146 Å². The first-order valence-corrected chi connectivity index (χ1v) is 29.3. The maximum absolute atomic E-state index is 15.6. The number of fused-ring (bicyclic) bond motifs is 1. The van der Waals surface area contributed by atoms with Gasteiger partial charge in [0, 0.05) is 18.6 Å². The molecule has 0 spiro atoms. The molecule has 0 amide bonds. The predicted molar refractivity (Wildman–Crippen MR) is 293 cm³/mol. The first-order valence-electron chi connectivity index (χ1n) is 24.6. The monoisotopic (exact) mass is 1020 g/mol.